The van der Waals surface area contributed by atoms with Gasteiger partial charge >= 0.3 is 0 Å². The molecule has 23 heavy (non-hydrogen) atoms. The maximum Gasteiger partial charge on any atom is 0.0978 e. The quantitative estimate of drug-likeness (QED) is 0.857. The molecular formula is C19H29NO2S. The van der Waals surface area contributed by atoms with Crippen molar-refractivity contribution in [3.8, 4) is 0 Å². The average Bonchev–Trinajstić information content (AvgIpc) is 2.62. The summed E-state index contributed by atoms with van der Waals surface area (Å²) < 4.78 is 12.0. The fraction of sp³-hybridized carbons (Fsp3) is 0.684. The molecule has 0 radical (unpaired) electrons. The molecule has 2 fully saturated rings. The van der Waals surface area contributed by atoms with Gasteiger partial charge in [-0.1, -0.05) is 30.3 Å². The molecule has 0 saturated carbocycles. The van der Waals surface area contributed by atoms with E-state index < -0.39 is 0 Å². The maximum atomic E-state index is 6.53. The van der Waals surface area contributed by atoms with E-state index in [4.69, 9.17) is 9.47 Å². The highest BCUT2D eigenvalue weighted by atomic mass is 32.2. The number of hydrogen-bond acceptors (Lipinski definition) is 4. The van der Waals surface area contributed by atoms with E-state index >= 15 is 0 Å². The van der Waals surface area contributed by atoms with Gasteiger partial charge in [-0.2, -0.15) is 11.8 Å². The van der Waals surface area contributed by atoms with Crippen LogP contribution < -0.4 is 5.32 Å². The summed E-state index contributed by atoms with van der Waals surface area (Å²) in [7, 11) is 0. The minimum absolute atomic E-state index is 0.119. The predicted octanol–water partition coefficient (Wildman–Crippen LogP) is 3.80. The van der Waals surface area contributed by atoms with Crippen LogP contribution in [0.1, 0.15) is 44.3 Å². The fourth-order valence-electron chi connectivity index (χ4n) is 3.47. The summed E-state index contributed by atoms with van der Waals surface area (Å²) in [5.74, 6) is 2.56. The van der Waals surface area contributed by atoms with E-state index in [1.54, 1.807) is 0 Å². The molecule has 0 aromatic heterocycles. The summed E-state index contributed by atoms with van der Waals surface area (Å²) in [5, 5.41) is 3.84. The third-order valence-electron chi connectivity index (χ3n) is 4.81. The van der Waals surface area contributed by atoms with Gasteiger partial charge in [0.15, 0.2) is 0 Å². The number of ether oxygens (including phenoxy) is 2. The van der Waals surface area contributed by atoms with Crippen LogP contribution in [0.15, 0.2) is 30.3 Å². The van der Waals surface area contributed by atoms with E-state index in [0.717, 1.165) is 26.1 Å². The van der Waals surface area contributed by atoms with Gasteiger partial charge in [0.2, 0.25) is 0 Å². The Labute approximate surface area is 144 Å². The zero-order valence-corrected chi connectivity index (χ0v) is 14.9. The van der Waals surface area contributed by atoms with Crippen LogP contribution in [0.3, 0.4) is 0 Å². The first-order valence-corrected chi connectivity index (χ1v) is 10.1. The van der Waals surface area contributed by atoms with Crippen molar-refractivity contribution < 1.29 is 9.47 Å². The van der Waals surface area contributed by atoms with Crippen molar-refractivity contribution in [1.82, 2.24) is 5.32 Å². The second-order valence-corrected chi connectivity index (χ2v) is 7.85. The molecule has 0 unspecified atom stereocenters. The number of rotatable bonds is 6. The zero-order chi connectivity index (χ0) is 15.9. The highest BCUT2D eigenvalue weighted by molar-refractivity contribution is 7.99. The van der Waals surface area contributed by atoms with Gasteiger partial charge in [-0.05, 0) is 49.7 Å². The van der Waals surface area contributed by atoms with Crippen molar-refractivity contribution in [2.75, 3.05) is 24.7 Å². The summed E-state index contributed by atoms with van der Waals surface area (Å²) >= 11 is 2.07. The Kier molecular flexibility index (Phi) is 6.81. The van der Waals surface area contributed by atoms with E-state index in [9.17, 15) is 0 Å². The van der Waals surface area contributed by atoms with Crippen molar-refractivity contribution in [3.05, 3.63) is 35.9 Å². The number of nitrogens with one attached hydrogen (secondary N) is 1. The molecule has 2 aliphatic heterocycles. The standard InChI is InChI=1S/C19H29NO2S/c1-15(20-17-9-13-23-14-10-17)19(16-5-3-2-4-6-16)22-18-7-11-21-12-8-18/h2-6,15,17-20H,7-14H2,1H3/t15-,19-/m1/s1. The van der Waals surface area contributed by atoms with Gasteiger partial charge < -0.3 is 14.8 Å². The lowest BCUT2D eigenvalue weighted by molar-refractivity contribution is -0.0805. The highest BCUT2D eigenvalue weighted by Crippen LogP contribution is 2.27. The fourth-order valence-corrected chi connectivity index (χ4v) is 4.58. The van der Waals surface area contributed by atoms with Crippen molar-refractivity contribution in [2.24, 2.45) is 0 Å². The third kappa shape index (κ3) is 5.21. The Morgan fingerprint density at radius 3 is 2.48 bits per heavy atom. The van der Waals surface area contributed by atoms with Gasteiger partial charge in [-0.25, -0.2) is 0 Å². The molecule has 0 aliphatic carbocycles. The Hall–Kier alpha value is -0.550. The lowest BCUT2D eigenvalue weighted by atomic mass is 10.0. The van der Waals surface area contributed by atoms with E-state index in [0.29, 0.717) is 18.2 Å². The minimum atomic E-state index is 0.119. The number of thioether (sulfide) groups is 1. The molecule has 0 amide bonds. The van der Waals surface area contributed by atoms with Crippen molar-refractivity contribution in [3.63, 3.8) is 0 Å². The SMILES string of the molecule is C[C@@H](NC1CCSCC1)[C@@H](OC1CCOCC1)c1ccccc1. The average molecular weight is 336 g/mol. The third-order valence-corrected chi connectivity index (χ3v) is 5.86. The molecule has 2 atom stereocenters. The summed E-state index contributed by atoms with van der Waals surface area (Å²) in [6.07, 6.45) is 5.00. The van der Waals surface area contributed by atoms with Crippen LogP contribution in [0.4, 0.5) is 0 Å². The second-order valence-electron chi connectivity index (χ2n) is 6.62. The van der Waals surface area contributed by atoms with Crippen LogP contribution in [0.25, 0.3) is 0 Å². The van der Waals surface area contributed by atoms with Crippen molar-refractivity contribution in [2.45, 2.75) is 56.9 Å². The van der Waals surface area contributed by atoms with Gasteiger partial charge in [-0.3, -0.25) is 0 Å². The summed E-state index contributed by atoms with van der Waals surface area (Å²) in [6.45, 7) is 3.93. The first-order valence-electron chi connectivity index (χ1n) is 8.95. The van der Waals surface area contributed by atoms with Crippen molar-refractivity contribution >= 4 is 11.8 Å². The Morgan fingerprint density at radius 2 is 1.78 bits per heavy atom. The number of benzene rings is 1. The van der Waals surface area contributed by atoms with E-state index in [2.05, 4.69) is 54.3 Å². The summed E-state index contributed by atoms with van der Waals surface area (Å²) in [6, 6.07) is 11.6. The van der Waals surface area contributed by atoms with Gasteiger partial charge in [0.1, 0.15) is 0 Å². The number of hydrogen-bond donors (Lipinski definition) is 1. The van der Waals surface area contributed by atoms with E-state index in [1.807, 2.05) is 0 Å². The van der Waals surface area contributed by atoms with Crippen LogP contribution in [0, 0.1) is 0 Å². The molecule has 3 rings (SSSR count). The van der Waals surface area contributed by atoms with Gasteiger partial charge in [-0.15, -0.1) is 0 Å². The molecule has 1 aromatic carbocycles. The molecule has 2 heterocycles. The molecule has 4 heteroatoms. The molecular weight excluding hydrogens is 306 g/mol. The Balaban J connectivity index is 1.65. The molecule has 2 aliphatic rings. The van der Waals surface area contributed by atoms with Crippen LogP contribution in [0.2, 0.25) is 0 Å². The van der Waals surface area contributed by atoms with Crippen LogP contribution >= 0.6 is 11.8 Å². The van der Waals surface area contributed by atoms with Gasteiger partial charge in [0.05, 0.1) is 12.2 Å². The monoisotopic (exact) mass is 335 g/mol. The smallest absolute Gasteiger partial charge is 0.0978 e. The Bertz CT molecular complexity index is 444. The van der Waals surface area contributed by atoms with E-state index in [-0.39, 0.29) is 6.10 Å². The lowest BCUT2D eigenvalue weighted by Gasteiger charge is -2.34. The second kappa shape index (κ2) is 9.07. The van der Waals surface area contributed by atoms with Crippen molar-refractivity contribution in [1.29, 1.82) is 0 Å². The van der Waals surface area contributed by atoms with E-state index in [1.165, 1.54) is 29.9 Å². The van der Waals surface area contributed by atoms with Crippen LogP contribution in [-0.4, -0.2) is 42.9 Å². The van der Waals surface area contributed by atoms with Gasteiger partial charge in [0, 0.05) is 25.3 Å². The zero-order valence-electron chi connectivity index (χ0n) is 14.1. The highest BCUT2D eigenvalue weighted by Gasteiger charge is 2.27. The topological polar surface area (TPSA) is 30.5 Å². The first-order chi connectivity index (χ1) is 11.3. The molecule has 0 spiro atoms. The Morgan fingerprint density at radius 1 is 1.09 bits per heavy atom. The molecule has 1 aromatic rings. The molecule has 3 nitrogen and oxygen atoms in total. The largest absolute Gasteiger partial charge is 0.381 e. The van der Waals surface area contributed by atoms with Gasteiger partial charge in [0.25, 0.3) is 0 Å². The minimum Gasteiger partial charge on any atom is -0.381 e. The maximum absolute atomic E-state index is 6.53. The molecule has 2 saturated heterocycles. The molecule has 0 bridgehead atoms. The summed E-state index contributed by atoms with van der Waals surface area (Å²) in [5.41, 5.74) is 1.28. The normalized spacial score (nSPS) is 23.5. The van der Waals surface area contributed by atoms with Crippen LogP contribution in [-0.2, 0) is 9.47 Å². The summed E-state index contributed by atoms with van der Waals surface area (Å²) in [4.78, 5) is 0. The predicted molar refractivity (Wildman–Crippen MR) is 97.1 cm³/mol. The molecule has 128 valence electrons. The molecule has 1 N–H and O–H groups in total. The first kappa shape index (κ1) is 17.3. The van der Waals surface area contributed by atoms with Crippen LogP contribution in [0.5, 0.6) is 0 Å². The lowest BCUT2D eigenvalue weighted by Crippen LogP contribution is -2.43.